The molecule has 0 saturated heterocycles. The molecule has 0 heterocycles. The molecule has 0 rings (SSSR count). The summed E-state index contributed by atoms with van der Waals surface area (Å²) in [4.78, 5) is 13.6. The summed E-state index contributed by atoms with van der Waals surface area (Å²) in [7, 11) is 0. The quantitative estimate of drug-likeness (QED) is 0.611. The molecule has 0 aliphatic heterocycles. The van der Waals surface area contributed by atoms with Gasteiger partial charge in [0.1, 0.15) is 6.61 Å². The Hall–Kier alpha value is -0.610. The van der Waals surface area contributed by atoms with Crippen LogP contribution in [0.5, 0.6) is 0 Å². The minimum Gasteiger partial charge on any atom is -0.395 e. The Labute approximate surface area is 98.6 Å². The van der Waals surface area contributed by atoms with E-state index in [-0.39, 0.29) is 25.2 Å². The van der Waals surface area contributed by atoms with Gasteiger partial charge in [-0.05, 0) is 19.3 Å². The van der Waals surface area contributed by atoms with E-state index in [0.717, 1.165) is 19.3 Å². The topological polar surface area (TPSA) is 49.8 Å². The Balaban J connectivity index is 4.21. The van der Waals surface area contributed by atoms with Gasteiger partial charge in [-0.1, -0.05) is 20.8 Å². The molecular weight excluding hydrogens is 206 g/mol. The second-order valence-corrected chi connectivity index (χ2v) is 3.83. The average molecular weight is 231 g/mol. The highest BCUT2D eigenvalue weighted by molar-refractivity contribution is 5.77. The molecule has 0 aromatic rings. The summed E-state index contributed by atoms with van der Waals surface area (Å²) in [6.07, 6.45) is 2.74. The molecule has 0 aliphatic carbocycles. The Morgan fingerprint density at radius 2 is 1.94 bits per heavy atom. The zero-order valence-corrected chi connectivity index (χ0v) is 10.7. The number of rotatable bonds is 9. The lowest BCUT2D eigenvalue weighted by Gasteiger charge is -2.29. The highest BCUT2D eigenvalue weighted by Crippen LogP contribution is 2.08. The van der Waals surface area contributed by atoms with Gasteiger partial charge in [-0.25, -0.2) is 0 Å². The smallest absolute Gasteiger partial charge is 0.248 e. The molecule has 0 fully saturated rings. The van der Waals surface area contributed by atoms with Crippen molar-refractivity contribution in [1.82, 2.24) is 4.90 Å². The number of ether oxygens (including phenoxy) is 1. The predicted molar refractivity (Wildman–Crippen MR) is 64.3 cm³/mol. The number of hydrogen-bond donors (Lipinski definition) is 1. The maximum Gasteiger partial charge on any atom is 0.248 e. The molecule has 1 N–H and O–H groups in total. The third-order valence-corrected chi connectivity index (χ3v) is 2.62. The van der Waals surface area contributed by atoms with Crippen molar-refractivity contribution in [2.24, 2.45) is 0 Å². The first-order valence-corrected chi connectivity index (χ1v) is 6.19. The lowest BCUT2D eigenvalue weighted by Crippen LogP contribution is -2.43. The van der Waals surface area contributed by atoms with Gasteiger partial charge in [-0.15, -0.1) is 0 Å². The number of carbonyl (C=O) groups excluding carboxylic acids is 1. The SMILES string of the molecule is CCCOCC(=O)N(CCO)C(CC)CC. The number of aliphatic hydroxyl groups excluding tert-OH is 1. The first kappa shape index (κ1) is 15.4. The van der Waals surface area contributed by atoms with Crippen molar-refractivity contribution in [3.8, 4) is 0 Å². The van der Waals surface area contributed by atoms with Crippen molar-refractivity contribution in [3.63, 3.8) is 0 Å². The first-order valence-electron chi connectivity index (χ1n) is 6.19. The second kappa shape index (κ2) is 9.60. The molecular formula is C12H25NO3. The van der Waals surface area contributed by atoms with Crippen molar-refractivity contribution in [2.75, 3.05) is 26.4 Å². The van der Waals surface area contributed by atoms with Gasteiger partial charge < -0.3 is 14.7 Å². The van der Waals surface area contributed by atoms with Gasteiger partial charge in [0.05, 0.1) is 6.61 Å². The van der Waals surface area contributed by atoms with Crippen molar-refractivity contribution < 1.29 is 14.6 Å². The molecule has 0 aromatic carbocycles. The van der Waals surface area contributed by atoms with Crippen molar-refractivity contribution >= 4 is 5.91 Å². The predicted octanol–water partition coefficient (Wildman–Crippen LogP) is 1.42. The third-order valence-electron chi connectivity index (χ3n) is 2.62. The molecule has 1 amide bonds. The summed E-state index contributed by atoms with van der Waals surface area (Å²) >= 11 is 0. The Kier molecular flexibility index (Phi) is 9.24. The molecule has 0 saturated carbocycles. The summed E-state index contributed by atoms with van der Waals surface area (Å²) < 4.78 is 5.24. The Morgan fingerprint density at radius 1 is 1.31 bits per heavy atom. The van der Waals surface area contributed by atoms with Crippen LogP contribution in [0.4, 0.5) is 0 Å². The number of nitrogens with zero attached hydrogens (tertiary/aromatic N) is 1. The van der Waals surface area contributed by atoms with Crippen LogP contribution in [-0.2, 0) is 9.53 Å². The van der Waals surface area contributed by atoms with Crippen LogP contribution >= 0.6 is 0 Å². The molecule has 0 unspecified atom stereocenters. The number of hydrogen-bond acceptors (Lipinski definition) is 3. The van der Waals surface area contributed by atoms with E-state index >= 15 is 0 Å². The van der Waals surface area contributed by atoms with Crippen LogP contribution in [0.25, 0.3) is 0 Å². The summed E-state index contributed by atoms with van der Waals surface area (Å²) in [6.45, 7) is 7.27. The van der Waals surface area contributed by atoms with Crippen molar-refractivity contribution in [1.29, 1.82) is 0 Å². The van der Waals surface area contributed by atoms with E-state index in [4.69, 9.17) is 9.84 Å². The summed E-state index contributed by atoms with van der Waals surface area (Å²) in [6, 6.07) is 0.213. The molecule has 16 heavy (non-hydrogen) atoms. The molecule has 96 valence electrons. The molecule has 0 aliphatic rings. The van der Waals surface area contributed by atoms with E-state index < -0.39 is 0 Å². The molecule has 0 bridgehead atoms. The molecule has 4 nitrogen and oxygen atoms in total. The fourth-order valence-electron chi connectivity index (χ4n) is 1.73. The van der Waals surface area contributed by atoms with Gasteiger partial charge in [0.25, 0.3) is 0 Å². The summed E-state index contributed by atoms with van der Waals surface area (Å²) in [5.41, 5.74) is 0. The van der Waals surface area contributed by atoms with Gasteiger partial charge in [0, 0.05) is 19.2 Å². The highest BCUT2D eigenvalue weighted by Gasteiger charge is 2.20. The lowest BCUT2D eigenvalue weighted by atomic mass is 10.1. The van der Waals surface area contributed by atoms with Crippen LogP contribution in [0.2, 0.25) is 0 Å². The number of carbonyl (C=O) groups is 1. The van der Waals surface area contributed by atoms with Gasteiger partial charge in [0.15, 0.2) is 0 Å². The molecule has 0 radical (unpaired) electrons. The van der Waals surface area contributed by atoms with Crippen molar-refractivity contribution in [3.05, 3.63) is 0 Å². The minimum absolute atomic E-state index is 0.00994. The van der Waals surface area contributed by atoms with Gasteiger partial charge >= 0.3 is 0 Å². The maximum absolute atomic E-state index is 11.9. The van der Waals surface area contributed by atoms with Crippen LogP contribution in [-0.4, -0.2) is 48.3 Å². The lowest BCUT2D eigenvalue weighted by molar-refractivity contribution is -0.139. The molecule has 0 atom stereocenters. The number of aliphatic hydroxyl groups is 1. The summed E-state index contributed by atoms with van der Waals surface area (Å²) in [5, 5.41) is 8.96. The van der Waals surface area contributed by atoms with E-state index in [2.05, 4.69) is 13.8 Å². The van der Waals surface area contributed by atoms with E-state index in [0.29, 0.717) is 13.2 Å². The van der Waals surface area contributed by atoms with Crippen LogP contribution in [0.1, 0.15) is 40.0 Å². The minimum atomic E-state index is -0.0174. The van der Waals surface area contributed by atoms with Crippen molar-refractivity contribution in [2.45, 2.75) is 46.1 Å². The molecule has 4 heteroatoms. The largest absolute Gasteiger partial charge is 0.395 e. The zero-order chi connectivity index (χ0) is 12.4. The maximum atomic E-state index is 11.9. The van der Waals surface area contributed by atoms with Gasteiger partial charge in [0.2, 0.25) is 5.91 Å². The normalized spacial score (nSPS) is 10.8. The van der Waals surface area contributed by atoms with Gasteiger partial charge in [-0.3, -0.25) is 4.79 Å². The summed E-state index contributed by atoms with van der Waals surface area (Å²) in [5.74, 6) is -0.0174. The van der Waals surface area contributed by atoms with Crippen LogP contribution < -0.4 is 0 Å². The zero-order valence-electron chi connectivity index (χ0n) is 10.7. The molecule has 0 spiro atoms. The highest BCUT2D eigenvalue weighted by atomic mass is 16.5. The van der Waals surface area contributed by atoms with E-state index in [1.54, 1.807) is 4.90 Å². The number of amides is 1. The van der Waals surface area contributed by atoms with E-state index in [1.807, 2.05) is 6.92 Å². The first-order chi connectivity index (χ1) is 7.71. The fourth-order valence-corrected chi connectivity index (χ4v) is 1.73. The van der Waals surface area contributed by atoms with Gasteiger partial charge in [-0.2, -0.15) is 0 Å². The van der Waals surface area contributed by atoms with E-state index in [9.17, 15) is 4.79 Å². The standard InChI is InChI=1S/C12H25NO3/c1-4-9-16-10-12(15)13(7-8-14)11(5-2)6-3/h11,14H,4-10H2,1-3H3. The Morgan fingerprint density at radius 3 is 2.38 bits per heavy atom. The average Bonchev–Trinajstić information content (AvgIpc) is 2.29. The van der Waals surface area contributed by atoms with Crippen LogP contribution in [0.3, 0.4) is 0 Å². The third kappa shape index (κ3) is 5.47. The Bertz CT molecular complexity index is 181. The van der Waals surface area contributed by atoms with E-state index in [1.165, 1.54) is 0 Å². The van der Waals surface area contributed by atoms with Crippen LogP contribution in [0.15, 0.2) is 0 Å². The molecule has 0 aromatic heterocycles. The van der Waals surface area contributed by atoms with Crippen LogP contribution in [0, 0.1) is 0 Å². The fraction of sp³-hybridized carbons (Fsp3) is 0.917. The monoisotopic (exact) mass is 231 g/mol. The second-order valence-electron chi connectivity index (χ2n) is 3.83.